The highest BCUT2D eigenvalue weighted by atomic mass is 79.9. The zero-order valence-electron chi connectivity index (χ0n) is 12.4. The summed E-state index contributed by atoms with van der Waals surface area (Å²) in [5.41, 5.74) is 3.64. The van der Waals surface area contributed by atoms with Crippen LogP contribution in [0.3, 0.4) is 0 Å². The van der Waals surface area contributed by atoms with Crippen molar-refractivity contribution >= 4 is 27.5 Å². The van der Waals surface area contributed by atoms with E-state index in [2.05, 4.69) is 26.6 Å². The third-order valence-corrected chi connectivity index (χ3v) is 3.94. The lowest BCUT2D eigenvalue weighted by Gasteiger charge is -2.16. The van der Waals surface area contributed by atoms with Crippen LogP contribution in [0, 0.1) is 6.92 Å². The Kier molecular flexibility index (Phi) is 5.02. The first-order chi connectivity index (χ1) is 10.0. The van der Waals surface area contributed by atoms with E-state index in [9.17, 15) is 4.79 Å². The van der Waals surface area contributed by atoms with Gasteiger partial charge in [-0.15, -0.1) is 0 Å². The van der Waals surface area contributed by atoms with Crippen LogP contribution in [0.2, 0.25) is 0 Å². The summed E-state index contributed by atoms with van der Waals surface area (Å²) in [6.45, 7) is 3.96. The second-order valence-electron chi connectivity index (χ2n) is 5.05. The predicted octanol–water partition coefficient (Wildman–Crippen LogP) is 4.29. The molecule has 0 aliphatic rings. The van der Waals surface area contributed by atoms with Crippen molar-refractivity contribution in [3.8, 4) is 0 Å². The molecule has 1 amide bonds. The third-order valence-electron chi connectivity index (χ3n) is 3.41. The summed E-state index contributed by atoms with van der Waals surface area (Å²) in [6, 6.07) is 13.7. The molecule has 1 atom stereocenters. The van der Waals surface area contributed by atoms with Gasteiger partial charge in [-0.3, -0.25) is 4.79 Å². The van der Waals surface area contributed by atoms with E-state index in [0.29, 0.717) is 5.56 Å². The Morgan fingerprint density at radius 2 is 1.81 bits per heavy atom. The smallest absolute Gasteiger partial charge is 0.253 e. The number of amides is 1. The van der Waals surface area contributed by atoms with Crippen LogP contribution in [-0.4, -0.2) is 13.0 Å². The summed E-state index contributed by atoms with van der Waals surface area (Å²) in [7, 11) is 1.82. The fourth-order valence-corrected chi connectivity index (χ4v) is 2.44. The number of benzene rings is 2. The van der Waals surface area contributed by atoms with Gasteiger partial charge in [-0.05, 0) is 43.7 Å². The molecule has 0 saturated heterocycles. The number of halogens is 1. The van der Waals surface area contributed by atoms with Crippen molar-refractivity contribution in [1.29, 1.82) is 0 Å². The van der Waals surface area contributed by atoms with E-state index in [0.717, 1.165) is 21.3 Å². The third kappa shape index (κ3) is 3.85. The molecule has 3 nitrogen and oxygen atoms in total. The van der Waals surface area contributed by atoms with Crippen LogP contribution in [0.25, 0.3) is 0 Å². The number of hydrogen-bond donors (Lipinski definition) is 2. The van der Waals surface area contributed by atoms with Crippen molar-refractivity contribution < 1.29 is 4.79 Å². The Hall–Kier alpha value is -1.81. The second-order valence-corrected chi connectivity index (χ2v) is 5.96. The van der Waals surface area contributed by atoms with Crippen molar-refractivity contribution in [2.24, 2.45) is 0 Å². The molecule has 0 saturated carbocycles. The molecule has 0 radical (unpaired) electrons. The molecule has 110 valence electrons. The molecule has 0 spiro atoms. The normalized spacial score (nSPS) is 11.8. The summed E-state index contributed by atoms with van der Waals surface area (Å²) in [5, 5.41) is 6.10. The molecule has 4 heteroatoms. The van der Waals surface area contributed by atoms with Crippen molar-refractivity contribution in [1.82, 2.24) is 5.32 Å². The standard InChI is InChI=1S/C17H19BrN2O/c1-11-4-9-16(19-3)15(10-11)17(21)20-12(2)13-5-7-14(18)8-6-13/h4-10,12,19H,1-3H3,(H,20,21). The van der Waals surface area contributed by atoms with Crippen LogP contribution in [0.5, 0.6) is 0 Å². The fourth-order valence-electron chi connectivity index (χ4n) is 2.17. The van der Waals surface area contributed by atoms with E-state index in [4.69, 9.17) is 0 Å². The van der Waals surface area contributed by atoms with Gasteiger partial charge < -0.3 is 10.6 Å². The number of anilines is 1. The Morgan fingerprint density at radius 3 is 2.43 bits per heavy atom. The molecular weight excluding hydrogens is 328 g/mol. The van der Waals surface area contributed by atoms with Gasteiger partial charge in [0.15, 0.2) is 0 Å². The number of nitrogens with one attached hydrogen (secondary N) is 2. The largest absolute Gasteiger partial charge is 0.387 e. The maximum absolute atomic E-state index is 12.5. The summed E-state index contributed by atoms with van der Waals surface area (Å²) < 4.78 is 1.03. The van der Waals surface area contributed by atoms with Gasteiger partial charge >= 0.3 is 0 Å². The lowest BCUT2D eigenvalue weighted by atomic mass is 10.1. The number of hydrogen-bond acceptors (Lipinski definition) is 2. The average molecular weight is 347 g/mol. The summed E-state index contributed by atoms with van der Waals surface area (Å²) in [4.78, 5) is 12.5. The Labute approximate surface area is 133 Å². The molecule has 0 aromatic heterocycles. The van der Waals surface area contributed by atoms with Gasteiger partial charge in [0.25, 0.3) is 5.91 Å². The SMILES string of the molecule is CNc1ccc(C)cc1C(=O)NC(C)c1ccc(Br)cc1. The molecule has 2 aromatic rings. The van der Waals surface area contributed by atoms with Crippen LogP contribution >= 0.6 is 15.9 Å². The second kappa shape index (κ2) is 6.76. The predicted molar refractivity (Wildman–Crippen MR) is 90.7 cm³/mol. The number of carbonyl (C=O) groups is 1. The Bertz CT molecular complexity index is 638. The van der Waals surface area contributed by atoms with Gasteiger partial charge in [0, 0.05) is 17.2 Å². The zero-order chi connectivity index (χ0) is 15.4. The maximum Gasteiger partial charge on any atom is 0.253 e. The monoisotopic (exact) mass is 346 g/mol. The van der Waals surface area contributed by atoms with Crippen LogP contribution in [0.1, 0.15) is 34.5 Å². The van der Waals surface area contributed by atoms with Crippen LogP contribution in [-0.2, 0) is 0 Å². The minimum Gasteiger partial charge on any atom is -0.387 e. The molecule has 2 aromatic carbocycles. The topological polar surface area (TPSA) is 41.1 Å². The summed E-state index contributed by atoms with van der Waals surface area (Å²) in [6.07, 6.45) is 0. The van der Waals surface area contributed by atoms with Gasteiger partial charge in [0.1, 0.15) is 0 Å². The Balaban J connectivity index is 2.17. The quantitative estimate of drug-likeness (QED) is 0.866. The molecule has 0 fully saturated rings. The number of aryl methyl sites for hydroxylation is 1. The lowest BCUT2D eigenvalue weighted by molar-refractivity contribution is 0.0940. The molecule has 1 unspecified atom stereocenters. The molecule has 0 aliphatic carbocycles. The molecule has 2 N–H and O–H groups in total. The summed E-state index contributed by atoms with van der Waals surface area (Å²) >= 11 is 3.41. The van der Waals surface area contributed by atoms with Crippen LogP contribution < -0.4 is 10.6 Å². The van der Waals surface area contributed by atoms with Gasteiger partial charge in [-0.25, -0.2) is 0 Å². The van der Waals surface area contributed by atoms with E-state index in [1.807, 2.05) is 63.4 Å². The minimum atomic E-state index is -0.0709. The van der Waals surface area contributed by atoms with E-state index in [1.54, 1.807) is 0 Å². The first kappa shape index (κ1) is 15.6. The maximum atomic E-state index is 12.5. The van der Waals surface area contributed by atoms with Crippen molar-refractivity contribution in [3.05, 3.63) is 63.6 Å². The van der Waals surface area contributed by atoms with E-state index < -0.39 is 0 Å². The number of rotatable bonds is 4. The molecule has 2 rings (SSSR count). The molecular formula is C17H19BrN2O. The zero-order valence-corrected chi connectivity index (χ0v) is 14.0. The Morgan fingerprint density at radius 1 is 1.14 bits per heavy atom. The van der Waals surface area contributed by atoms with Crippen LogP contribution in [0.4, 0.5) is 5.69 Å². The molecule has 0 aliphatic heterocycles. The number of carbonyl (C=O) groups excluding carboxylic acids is 1. The van der Waals surface area contributed by atoms with Crippen molar-refractivity contribution in [3.63, 3.8) is 0 Å². The van der Waals surface area contributed by atoms with Gasteiger partial charge in [-0.2, -0.15) is 0 Å². The van der Waals surface area contributed by atoms with Crippen molar-refractivity contribution in [2.45, 2.75) is 19.9 Å². The van der Waals surface area contributed by atoms with E-state index in [1.165, 1.54) is 0 Å². The van der Waals surface area contributed by atoms with Gasteiger partial charge in [0.2, 0.25) is 0 Å². The first-order valence-corrected chi connectivity index (χ1v) is 7.65. The highest BCUT2D eigenvalue weighted by Gasteiger charge is 2.14. The van der Waals surface area contributed by atoms with Gasteiger partial charge in [0.05, 0.1) is 11.6 Å². The highest BCUT2D eigenvalue weighted by Crippen LogP contribution is 2.20. The molecule has 0 heterocycles. The van der Waals surface area contributed by atoms with Crippen molar-refractivity contribution in [2.75, 3.05) is 12.4 Å². The van der Waals surface area contributed by atoms with Gasteiger partial charge in [-0.1, -0.05) is 39.7 Å². The minimum absolute atomic E-state index is 0.0455. The highest BCUT2D eigenvalue weighted by molar-refractivity contribution is 9.10. The summed E-state index contributed by atoms with van der Waals surface area (Å²) in [5.74, 6) is -0.0709. The first-order valence-electron chi connectivity index (χ1n) is 6.86. The average Bonchev–Trinajstić information content (AvgIpc) is 2.47. The van der Waals surface area contributed by atoms with E-state index >= 15 is 0 Å². The molecule has 21 heavy (non-hydrogen) atoms. The molecule has 0 bridgehead atoms. The fraction of sp³-hybridized carbons (Fsp3) is 0.235. The van der Waals surface area contributed by atoms with Crippen LogP contribution in [0.15, 0.2) is 46.9 Å². The lowest BCUT2D eigenvalue weighted by Crippen LogP contribution is -2.27. The van der Waals surface area contributed by atoms with E-state index in [-0.39, 0.29) is 11.9 Å².